The van der Waals surface area contributed by atoms with E-state index in [4.69, 9.17) is 0 Å². The van der Waals surface area contributed by atoms with Gasteiger partial charge in [0.25, 0.3) is 0 Å². The fourth-order valence-corrected chi connectivity index (χ4v) is 5.70. The van der Waals surface area contributed by atoms with Crippen LogP contribution in [0.5, 0.6) is 0 Å². The molecule has 0 saturated carbocycles. The van der Waals surface area contributed by atoms with E-state index in [0.717, 1.165) is 47.9 Å². The van der Waals surface area contributed by atoms with Gasteiger partial charge in [-0.05, 0) is 86.1 Å². The summed E-state index contributed by atoms with van der Waals surface area (Å²) in [5, 5.41) is 14.9. The van der Waals surface area contributed by atoms with Crippen LogP contribution in [0.15, 0.2) is 48.7 Å². The van der Waals surface area contributed by atoms with E-state index in [2.05, 4.69) is 88.5 Å². The molecule has 0 bridgehead atoms. The number of nitrogens with zero attached hydrogens (tertiary/aromatic N) is 6. The van der Waals surface area contributed by atoms with E-state index in [-0.39, 0.29) is 0 Å². The van der Waals surface area contributed by atoms with Gasteiger partial charge in [-0.1, -0.05) is 31.2 Å². The standard InChI is InChI=1S/C28H33N7/c1-18(2)26-23-16-21(20-10-14-34(15-11-20)17-22-12-13-33(4)31-22)8-9-24(23)29-28(26)27-25-7-5-6-19(3)35(25)32-30-27/h5-9,12-13,16,18,20,29H,10-11,14-15,17H2,1-4H3. The average Bonchev–Trinajstić information content (AvgIpc) is 3.56. The van der Waals surface area contributed by atoms with E-state index in [9.17, 15) is 0 Å². The van der Waals surface area contributed by atoms with E-state index in [1.807, 2.05) is 22.4 Å². The van der Waals surface area contributed by atoms with Crippen LogP contribution in [0.25, 0.3) is 27.8 Å². The van der Waals surface area contributed by atoms with Gasteiger partial charge in [0, 0.05) is 36.4 Å². The van der Waals surface area contributed by atoms with Crippen LogP contribution in [0.4, 0.5) is 0 Å². The van der Waals surface area contributed by atoms with Crippen molar-refractivity contribution in [2.24, 2.45) is 7.05 Å². The first-order valence-corrected chi connectivity index (χ1v) is 12.7. The zero-order valence-corrected chi connectivity index (χ0v) is 21.0. The number of H-pyrrole nitrogens is 1. The molecule has 1 fully saturated rings. The number of aromatic amines is 1. The number of likely N-dealkylation sites (tertiary alicyclic amines) is 1. The smallest absolute Gasteiger partial charge is 0.137 e. The molecule has 1 saturated heterocycles. The Hall–Kier alpha value is -3.45. The molecule has 1 N–H and O–H groups in total. The molecule has 5 aromatic rings. The SMILES string of the molecule is Cc1cccc2c(-c3[nH]c4ccc(C5CCN(Cc6ccn(C)n6)CC5)cc4c3C(C)C)nnn12. The van der Waals surface area contributed by atoms with Crippen LogP contribution in [0.3, 0.4) is 0 Å². The first-order chi connectivity index (χ1) is 17.0. The van der Waals surface area contributed by atoms with Crippen molar-refractivity contribution in [3.8, 4) is 11.4 Å². The van der Waals surface area contributed by atoms with Crippen molar-refractivity contribution in [3.63, 3.8) is 0 Å². The molecule has 7 nitrogen and oxygen atoms in total. The third-order valence-electron chi connectivity index (χ3n) is 7.52. The minimum absolute atomic E-state index is 0.371. The molecule has 35 heavy (non-hydrogen) atoms. The van der Waals surface area contributed by atoms with Crippen LogP contribution in [0.2, 0.25) is 0 Å². The molecule has 180 valence electrons. The molecule has 0 spiro atoms. The molecular formula is C28H33N7. The highest BCUT2D eigenvalue weighted by Crippen LogP contribution is 2.39. The van der Waals surface area contributed by atoms with Gasteiger partial charge in [-0.3, -0.25) is 9.58 Å². The van der Waals surface area contributed by atoms with E-state index in [1.165, 1.54) is 34.9 Å². The summed E-state index contributed by atoms with van der Waals surface area (Å²) in [5.41, 5.74) is 9.26. The molecule has 0 amide bonds. The maximum atomic E-state index is 4.59. The van der Waals surface area contributed by atoms with Crippen molar-refractivity contribution in [1.82, 2.24) is 34.5 Å². The number of pyridine rings is 1. The minimum Gasteiger partial charge on any atom is -0.353 e. The minimum atomic E-state index is 0.371. The summed E-state index contributed by atoms with van der Waals surface area (Å²) in [5.74, 6) is 0.964. The quantitative estimate of drug-likeness (QED) is 0.375. The molecule has 1 aromatic carbocycles. The molecule has 0 aliphatic carbocycles. The molecule has 4 aromatic heterocycles. The second-order valence-electron chi connectivity index (χ2n) is 10.3. The van der Waals surface area contributed by atoms with Crippen molar-refractivity contribution < 1.29 is 0 Å². The summed E-state index contributed by atoms with van der Waals surface area (Å²) >= 11 is 0. The van der Waals surface area contributed by atoms with Crippen LogP contribution in [-0.4, -0.2) is 47.6 Å². The number of piperidine rings is 1. The van der Waals surface area contributed by atoms with Crippen molar-refractivity contribution in [1.29, 1.82) is 0 Å². The molecule has 0 atom stereocenters. The predicted octanol–water partition coefficient (Wildman–Crippen LogP) is 5.42. The summed E-state index contributed by atoms with van der Waals surface area (Å²) in [7, 11) is 1.98. The van der Waals surface area contributed by atoms with E-state index < -0.39 is 0 Å². The summed E-state index contributed by atoms with van der Waals surface area (Å²) in [6, 6.07) is 15.4. The molecular weight excluding hydrogens is 434 g/mol. The number of benzene rings is 1. The van der Waals surface area contributed by atoms with Gasteiger partial charge >= 0.3 is 0 Å². The van der Waals surface area contributed by atoms with Gasteiger partial charge < -0.3 is 4.98 Å². The van der Waals surface area contributed by atoms with Crippen LogP contribution >= 0.6 is 0 Å². The fraction of sp³-hybridized carbons (Fsp3) is 0.393. The Morgan fingerprint density at radius 2 is 1.91 bits per heavy atom. The van der Waals surface area contributed by atoms with E-state index in [0.29, 0.717) is 11.8 Å². The lowest BCUT2D eigenvalue weighted by Crippen LogP contribution is -2.32. The largest absolute Gasteiger partial charge is 0.353 e. The first-order valence-electron chi connectivity index (χ1n) is 12.7. The highest BCUT2D eigenvalue weighted by Gasteiger charge is 2.24. The van der Waals surface area contributed by atoms with Crippen molar-refractivity contribution >= 4 is 16.4 Å². The molecule has 1 aliphatic heterocycles. The number of nitrogens with one attached hydrogen (secondary N) is 1. The van der Waals surface area contributed by atoms with E-state index in [1.54, 1.807) is 0 Å². The molecule has 7 heteroatoms. The fourth-order valence-electron chi connectivity index (χ4n) is 5.70. The second kappa shape index (κ2) is 8.64. The van der Waals surface area contributed by atoms with Gasteiger partial charge in [0.05, 0.1) is 16.9 Å². The Kier molecular flexibility index (Phi) is 5.44. The number of hydrogen-bond acceptors (Lipinski definition) is 4. The maximum Gasteiger partial charge on any atom is 0.137 e. The Balaban J connectivity index is 1.30. The lowest BCUT2D eigenvalue weighted by molar-refractivity contribution is 0.202. The molecule has 0 unspecified atom stereocenters. The van der Waals surface area contributed by atoms with Crippen LogP contribution in [0.1, 0.15) is 61.0 Å². The second-order valence-corrected chi connectivity index (χ2v) is 10.3. The summed E-state index contributed by atoms with van der Waals surface area (Å²) < 4.78 is 3.81. The number of aromatic nitrogens is 6. The molecule has 5 heterocycles. The number of hydrogen-bond donors (Lipinski definition) is 1. The lowest BCUT2D eigenvalue weighted by Gasteiger charge is -2.31. The zero-order chi connectivity index (χ0) is 24.1. The van der Waals surface area contributed by atoms with Gasteiger partial charge in [0.1, 0.15) is 5.69 Å². The number of fused-ring (bicyclic) bond motifs is 2. The van der Waals surface area contributed by atoms with Crippen molar-refractivity contribution in [3.05, 3.63) is 71.2 Å². The Labute approximate surface area is 205 Å². The summed E-state index contributed by atoms with van der Waals surface area (Å²) in [4.78, 5) is 6.22. The molecule has 6 rings (SSSR count). The molecule has 0 radical (unpaired) electrons. The van der Waals surface area contributed by atoms with Crippen LogP contribution in [0, 0.1) is 6.92 Å². The van der Waals surface area contributed by atoms with Crippen molar-refractivity contribution in [2.45, 2.75) is 52.0 Å². The summed E-state index contributed by atoms with van der Waals surface area (Å²) in [6.07, 6.45) is 4.39. The normalized spacial score (nSPS) is 15.7. The number of aryl methyl sites for hydroxylation is 2. The van der Waals surface area contributed by atoms with Gasteiger partial charge in [-0.2, -0.15) is 5.10 Å². The van der Waals surface area contributed by atoms with Gasteiger partial charge in [0.15, 0.2) is 0 Å². The maximum absolute atomic E-state index is 4.59. The lowest BCUT2D eigenvalue weighted by atomic mass is 9.87. The highest BCUT2D eigenvalue weighted by molar-refractivity contribution is 5.93. The molecule has 1 aliphatic rings. The topological polar surface area (TPSA) is 67.0 Å². The third-order valence-corrected chi connectivity index (χ3v) is 7.52. The van der Waals surface area contributed by atoms with Gasteiger partial charge in [-0.25, -0.2) is 4.52 Å². The average molecular weight is 468 g/mol. The van der Waals surface area contributed by atoms with E-state index >= 15 is 0 Å². The van der Waals surface area contributed by atoms with Gasteiger partial charge in [0.2, 0.25) is 0 Å². The van der Waals surface area contributed by atoms with Crippen LogP contribution < -0.4 is 0 Å². The first kappa shape index (κ1) is 22.0. The number of rotatable bonds is 5. The van der Waals surface area contributed by atoms with Crippen molar-refractivity contribution in [2.75, 3.05) is 13.1 Å². The predicted molar refractivity (Wildman–Crippen MR) is 140 cm³/mol. The Morgan fingerprint density at radius 1 is 1.09 bits per heavy atom. The third kappa shape index (κ3) is 3.93. The van der Waals surface area contributed by atoms with Gasteiger partial charge in [-0.15, -0.1) is 5.10 Å². The Bertz CT molecular complexity index is 1490. The monoisotopic (exact) mass is 467 g/mol. The Morgan fingerprint density at radius 3 is 2.66 bits per heavy atom. The zero-order valence-electron chi connectivity index (χ0n) is 21.0. The highest BCUT2D eigenvalue weighted by atomic mass is 15.4. The van der Waals surface area contributed by atoms with Crippen LogP contribution in [-0.2, 0) is 13.6 Å². The summed E-state index contributed by atoms with van der Waals surface area (Å²) in [6.45, 7) is 9.77.